The highest BCUT2D eigenvalue weighted by Gasteiger charge is 1.93. The van der Waals surface area contributed by atoms with Crippen molar-refractivity contribution in [1.29, 1.82) is 0 Å². The Morgan fingerprint density at radius 3 is 2.67 bits per heavy atom. The Morgan fingerprint density at radius 2 is 2.22 bits per heavy atom. The molecule has 0 fully saturated rings. The summed E-state index contributed by atoms with van der Waals surface area (Å²) in [5.74, 6) is 0. The molecule has 0 aromatic carbocycles. The second-order valence-electron chi connectivity index (χ2n) is 2.19. The van der Waals surface area contributed by atoms with E-state index in [4.69, 9.17) is 4.43 Å². The first-order valence-electron chi connectivity index (χ1n) is 3.31. The molecule has 0 aliphatic rings. The van der Waals surface area contributed by atoms with Crippen LogP contribution in [0.5, 0.6) is 0 Å². The maximum atomic E-state index is 5.40. The van der Waals surface area contributed by atoms with E-state index in [0.29, 0.717) is 0 Å². The van der Waals surface area contributed by atoms with Gasteiger partial charge in [0, 0.05) is 6.61 Å². The second kappa shape index (κ2) is 6.04. The number of allylic oxidation sites excluding steroid dienone is 1. The lowest BCUT2D eigenvalue weighted by molar-refractivity contribution is 0.320. The molecule has 0 aliphatic heterocycles. The van der Waals surface area contributed by atoms with Gasteiger partial charge in [0.15, 0.2) is 0 Å². The average molecular weight is 143 g/mol. The molecule has 0 aromatic heterocycles. The number of unbranched alkanes of at least 4 members (excludes halogenated alkanes) is 1. The van der Waals surface area contributed by atoms with Gasteiger partial charge in [0.2, 0.25) is 9.04 Å². The van der Waals surface area contributed by atoms with Gasteiger partial charge in [-0.3, -0.25) is 0 Å². The van der Waals surface area contributed by atoms with Crippen LogP contribution in [-0.4, -0.2) is 15.6 Å². The highest BCUT2D eigenvalue weighted by molar-refractivity contribution is 6.48. The Bertz CT molecular complexity index is 71.3. The van der Waals surface area contributed by atoms with Crippen LogP contribution >= 0.6 is 0 Å². The molecule has 1 radical (unpaired) electrons. The monoisotopic (exact) mass is 143 g/mol. The fraction of sp³-hybridized carbons (Fsp3) is 0.714. The van der Waals surface area contributed by atoms with Crippen LogP contribution in [0.3, 0.4) is 0 Å². The zero-order chi connectivity index (χ0) is 7.11. The van der Waals surface area contributed by atoms with E-state index in [-0.39, 0.29) is 0 Å². The third-order valence-electron chi connectivity index (χ3n) is 0.943. The summed E-state index contributed by atoms with van der Waals surface area (Å²) in [4.78, 5) is 0. The van der Waals surface area contributed by atoms with Crippen LogP contribution in [0.4, 0.5) is 0 Å². The topological polar surface area (TPSA) is 9.23 Å². The average Bonchev–Trinajstić information content (AvgIpc) is 1.80. The smallest absolute Gasteiger partial charge is 0.204 e. The van der Waals surface area contributed by atoms with Crippen molar-refractivity contribution < 1.29 is 4.43 Å². The minimum absolute atomic E-state index is 0.449. The molecule has 0 unspecified atom stereocenters. The minimum atomic E-state index is -0.449. The first-order valence-corrected chi connectivity index (χ1v) is 5.72. The van der Waals surface area contributed by atoms with Crippen LogP contribution in [0.2, 0.25) is 13.1 Å². The van der Waals surface area contributed by atoms with Crippen molar-refractivity contribution in [3.63, 3.8) is 0 Å². The summed E-state index contributed by atoms with van der Waals surface area (Å²) in [7, 11) is -0.449. The summed E-state index contributed by atoms with van der Waals surface area (Å²) in [6.45, 7) is 8.84. The molecule has 0 bridgehead atoms. The summed E-state index contributed by atoms with van der Waals surface area (Å²) >= 11 is 0. The Hall–Kier alpha value is -0.0831. The normalized spacial score (nSPS) is 10.1. The standard InChI is InChI=1S/C7H15OSi/c1-4-5-6-7-8-9(2)3/h4H,1,5-7H2,2-3H3. The van der Waals surface area contributed by atoms with Crippen LogP contribution in [0.15, 0.2) is 12.7 Å². The van der Waals surface area contributed by atoms with Gasteiger partial charge < -0.3 is 4.43 Å². The Balaban J connectivity index is 2.82. The minimum Gasteiger partial charge on any atom is -0.417 e. The molecule has 0 saturated heterocycles. The molecule has 2 heteroatoms. The number of hydrogen-bond acceptors (Lipinski definition) is 1. The van der Waals surface area contributed by atoms with Gasteiger partial charge in [-0.2, -0.15) is 0 Å². The third-order valence-corrected chi connectivity index (χ3v) is 1.72. The molecule has 0 spiro atoms. The van der Waals surface area contributed by atoms with E-state index < -0.39 is 9.04 Å². The van der Waals surface area contributed by atoms with E-state index >= 15 is 0 Å². The largest absolute Gasteiger partial charge is 0.417 e. The summed E-state index contributed by atoms with van der Waals surface area (Å²) in [5.41, 5.74) is 0. The molecule has 0 amide bonds. The van der Waals surface area contributed by atoms with Gasteiger partial charge in [0.05, 0.1) is 0 Å². The molecular formula is C7H15OSi. The molecule has 0 aliphatic carbocycles. The van der Waals surface area contributed by atoms with E-state index in [1.54, 1.807) is 0 Å². The summed E-state index contributed by atoms with van der Waals surface area (Å²) in [6.07, 6.45) is 4.13. The lowest BCUT2D eigenvalue weighted by Gasteiger charge is -2.02. The van der Waals surface area contributed by atoms with Crippen molar-refractivity contribution >= 4 is 9.04 Å². The Kier molecular flexibility index (Phi) is 5.99. The predicted octanol–water partition coefficient (Wildman–Crippen LogP) is 2.22. The molecule has 0 saturated carbocycles. The van der Waals surface area contributed by atoms with Crippen molar-refractivity contribution in [2.75, 3.05) is 6.61 Å². The first-order chi connectivity index (χ1) is 4.27. The third kappa shape index (κ3) is 7.92. The van der Waals surface area contributed by atoms with Gasteiger partial charge in [-0.05, 0) is 25.9 Å². The number of hydrogen-bond donors (Lipinski definition) is 0. The number of rotatable bonds is 5. The molecule has 0 heterocycles. The van der Waals surface area contributed by atoms with E-state index in [0.717, 1.165) is 19.4 Å². The summed E-state index contributed by atoms with van der Waals surface area (Å²) in [6, 6.07) is 0. The van der Waals surface area contributed by atoms with Crippen molar-refractivity contribution in [1.82, 2.24) is 0 Å². The maximum absolute atomic E-state index is 5.40. The van der Waals surface area contributed by atoms with Gasteiger partial charge in [-0.25, -0.2) is 0 Å². The molecule has 0 N–H and O–H groups in total. The van der Waals surface area contributed by atoms with Crippen LogP contribution in [0.25, 0.3) is 0 Å². The van der Waals surface area contributed by atoms with Gasteiger partial charge in [-0.1, -0.05) is 6.08 Å². The van der Waals surface area contributed by atoms with E-state index in [1.807, 2.05) is 6.08 Å². The molecule has 0 atom stereocenters. The molecule has 0 rings (SSSR count). The van der Waals surface area contributed by atoms with Crippen LogP contribution in [-0.2, 0) is 4.43 Å². The highest BCUT2D eigenvalue weighted by Crippen LogP contribution is 1.91. The molecular weight excluding hydrogens is 128 g/mol. The maximum Gasteiger partial charge on any atom is 0.204 e. The zero-order valence-corrected chi connectivity index (χ0v) is 7.31. The molecule has 53 valence electrons. The highest BCUT2D eigenvalue weighted by atomic mass is 28.3. The SMILES string of the molecule is C=CCCCO[Si](C)C. The van der Waals surface area contributed by atoms with Crippen LogP contribution < -0.4 is 0 Å². The Labute approximate surface area is 59.5 Å². The van der Waals surface area contributed by atoms with Crippen LogP contribution in [0, 0.1) is 0 Å². The van der Waals surface area contributed by atoms with E-state index in [9.17, 15) is 0 Å². The van der Waals surface area contributed by atoms with Gasteiger partial charge >= 0.3 is 0 Å². The lowest BCUT2D eigenvalue weighted by Crippen LogP contribution is -2.08. The van der Waals surface area contributed by atoms with Gasteiger partial charge in [-0.15, -0.1) is 6.58 Å². The summed E-state index contributed by atoms with van der Waals surface area (Å²) in [5, 5.41) is 0. The van der Waals surface area contributed by atoms with Crippen LogP contribution in [0.1, 0.15) is 12.8 Å². The van der Waals surface area contributed by atoms with Gasteiger partial charge in [0.25, 0.3) is 0 Å². The second-order valence-corrected chi connectivity index (χ2v) is 4.29. The summed E-state index contributed by atoms with van der Waals surface area (Å²) < 4.78 is 5.40. The molecule has 0 aromatic rings. The fourth-order valence-electron chi connectivity index (χ4n) is 0.504. The molecule has 9 heavy (non-hydrogen) atoms. The zero-order valence-electron chi connectivity index (χ0n) is 6.31. The van der Waals surface area contributed by atoms with E-state index in [2.05, 4.69) is 19.7 Å². The van der Waals surface area contributed by atoms with E-state index in [1.165, 1.54) is 0 Å². The van der Waals surface area contributed by atoms with Crippen molar-refractivity contribution in [3.05, 3.63) is 12.7 Å². The van der Waals surface area contributed by atoms with Gasteiger partial charge in [0.1, 0.15) is 0 Å². The van der Waals surface area contributed by atoms with Crippen molar-refractivity contribution in [3.8, 4) is 0 Å². The lowest BCUT2D eigenvalue weighted by atomic mass is 10.3. The Morgan fingerprint density at radius 1 is 1.56 bits per heavy atom. The fourth-order valence-corrected chi connectivity index (χ4v) is 1.06. The van der Waals surface area contributed by atoms with Crippen molar-refractivity contribution in [2.24, 2.45) is 0 Å². The predicted molar refractivity (Wildman–Crippen MR) is 42.9 cm³/mol. The first kappa shape index (κ1) is 8.92. The quantitative estimate of drug-likeness (QED) is 0.326. The van der Waals surface area contributed by atoms with Crippen molar-refractivity contribution in [2.45, 2.75) is 25.9 Å². The molecule has 1 nitrogen and oxygen atoms in total.